The summed E-state index contributed by atoms with van der Waals surface area (Å²) in [5.74, 6) is -0.369. The molecule has 1 saturated carbocycles. The Bertz CT molecular complexity index is 524. The van der Waals surface area contributed by atoms with E-state index in [0.29, 0.717) is 12.2 Å². The van der Waals surface area contributed by atoms with Crippen molar-refractivity contribution < 1.29 is 14.3 Å². The van der Waals surface area contributed by atoms with E-state index in [4.69, 9.17) is 4.74 Å². The first kappa shape index (κ1) is 16.5. The summed E-state index contributed by atoms with van der Waals surface area (Å²) in [6.07, 6.45) is 4.39. The van der Waals surface area contributed by atoms with Crippen molar-refractivity contribution in [3.05, 3.63) is 35.4 Å². The van der Waals surface area contributed by atoms with E-state index in [1.807, 2.05) is 12.1 Å². The summed E-state index contributed by atoms with van der Waals surface area (Å²) >= 11 is 0. The average molecular weight is 304 g/mol. The standard InChI is InChI=1S/C17H24N2O3/c1-12(16(20)19-14-8-4-5-9-14)18-17(21)15-10-6-3-7-13(15)11-22-2/h3,6-7,10,12,14H,4-5,8-9,11H2,1-2H3,(H,18,21)(H,19,20). The highest BCUT2D eigenvalue weighted by Crippen LogP contribution is 2.17. The van der Waals surface area contributed by atoms with Gasteiger partial charge in [0.25, 0.3) is 5.91 Å². The van der Waals surface area contributed by atoms with Crippen LogP contribution in [-0.4, -0.2) is 31.0 Å². The minimum atomic E-state index is -0.552. The second-order valence-electron chi connectivity index (χ2n) is 5.78. The topological polar surface area (TPSA) is 67.4 Å². The first-order valence-electron chi connectivity index (χ1n) is 7.80. The maximum Gasteiger partial charge on any atom is 0.252 e. The minimum absolute atomic E-state index is 0.121. The molecule has 1 aromatic carbocycles. The second-order valence-corrected chi connectivity index (χ2v) is 5.78. The maximum absolute atomic E-state index is 12.3. The lowest BCUT2D eigenvalue weighted by atomic mass is 10.1. The SMILES string of the molecule is COCc1ccccc1C(=O)NC(C)C(=O)NC1CCCC1. The van der Waals surface area contributed by atoms with Crippen LogP contribution in [-0.2, 0) is 16.1 Å². The summed E-state index contributed by atoms with van der Waals surface area (Å²) in [5, 5.41) is 5.76. The quantitative estimate of drug-likeness (QED) is 0.845. The molecule has 22 heavy (non-hydrogen) atoms. The zero-order valence-corrected chi connectivity index (χ0v) is 13.2. The molecular formula is C17H24N2O3. The van der Waals surface area contributed by atoms with Gasteiger partial charge in [-0.2, -0.15) is 0 Å². The van der Waals surface area contributed by atoms with Crippen LogP contribution in [0.1, 0.15) is 48.5 Å². The van der Waals surface area contributed by atoms with Crippen LogP contribution >= 0.6 is 0 Å². The van der Waals surface area contributed by atoms with E-state index in [1.165, 1.54) is 0 Å². The second kappa shape index (κ2) is 7.94. The molecule has 0 aromatic heterocycles. The van der Waals surface area contributed by atoms with Gasteiger partial charge in [-0.3, -0.25) is 9.59 Å². The minimum Gasteiger partial charge on any atom is -0.380 e. The number of rotatable bonds is 6. The smallest absolute Gasteiger partial charge is 0.252 e. The third kappa shape index (κ3) is 4.31. The number of methoxy groups -OCH3 is 1. The van der Waals surface area contributed by atoms with Gasteiger partial charge in [0.05, 0.1) is 6.61 Å². The molecule has 0 aliphatic heterocycles. The fourth-order valence-corrected chi connectivity index (χ4v) is 2.76. The number of hydrogen-bond acceptors (Lipinski definition) is 3. The molecule has 1 aliphatic rings. The monoisotopic (exact) mass is 304 g/mol. The zero-order valence-electron chi connectivity index (χ0n) is 13.2. The van der Waals surface area contributed by atoms with Crippen LogP contribution in [0.15, 0.2) is 24.3 Å². The molecule has 5 nitrogen and oxygen atoms in total. The van der Waals surface area contributed by atoms with E-state index in [9.17, 15) is 9.59 Å². The largest absolute Gasteiger partial charge is 0.380 e. The van der Waals surface area contributed by atoms with Gasteiger partial charge < -0.3 is 15.4 Å². The van der Waals surface area contributed by atoms with Crippen molar-refractivity contribution in [2.24, 2.45) is 0 Å². The highest BCUT2D eigenvalue weighted by Gasteiger charge is 2.22. The number of ether oxygens (including phenoxy) is 1. The maximum atomic E-state index is 12.3. The predicted molar refractivity (Wildman–Crippen MR) is 84.5 cm³/mol. The van der Waals surface area contributed by atoms with E-state index < -0.39 is 6.04 Å². The van der Waals surface area contributed by atoms with Gasteiger partial charge in [-0.1, -0.05) is 31.0 Å². The molecular weight excluding hydrogens is 280 g/mol. The lowest BCUT2D eigenvalue weighted by Crippen LogP contribution is -2.47. The fraction of sp³-hybridized carbons (Fsp3) is 0.529. The van der Waals surface area contributed by atoms with Gasteiger partial charge in [-0.05, 0) is 31.4 Å². The van der Waals surface area contributed by atoms with E-state index in [0.717, 1.165) is 31.2 Å². The van der Waals surface area contributed by atoms with Crippen molar-refractivity contribution in [3.63, 3.8) is 0 Å². The third-order valence-corrected chi connectivity index (χ3v) is 4.00. The molecule has 0 heterocycles. The van der Waals surface area contributed by atoms with Gasteiger partial charge in [0.1, 0.15) is 6.04 Å². The van der Waals surface area contributed by atoms with Crippen molar-refractivity contribution in [2.45, 2.75) is 51.3 Å². The van der Waals surface area contributed by atoms with Crippen LogP contribution in [0.4, 0.5) is 0 Å². The molecule has 0 radical (unpaired) electrons. The molecule has 0 saturated heterocycles. The lowest BCUT2D eigenvalue weighted by molar-refractivity contribution is -0.123. The number of hydrogen-bond donors (Lipinski definition) is 2. The van der Waals surface area contributed by atoms with Crippen molar-refractivity contribution in [2.75, 3.05) is 7.11 Å². The van der Waals surface area contributed by atoms with Gasteiger partial charge in [-0.25, -0.2) is 0 Å². The van der Waals surface area contributed by atoms with Crippen LogP contribution in [0.3, 0.4) is 0 Å². The molecule has 2 N–H and O–H groups in total. The number of carbonyl (C=O) groups is 2. The predicted octanol–water partition coefficient (Wildman–Crippen LogP) is 2.01. The number of carbonyl (C=O) groups excluding carboxylic acids is 2. The molecule has 1 unspecified atom stereocenters. The first-order chi connectivity index (χ1) is 10.6. The van der Waals surface area contributed by atoms with Gasteiger partial charge in [0.2, 0.25) is 5.91 Å². The first-order valence-corrected chi connectivity index (χ1v) is 7.80. The van der Waals surface area contributed by atoms with Gasteiger partial charge in [0, 0.05) is 18.7 Å². The number of amides is 2. The highest BCUT2D eigenvalue weighted by atomic mass is 16.5. The molecule has 5 heteroatoms. The van der Waals surface area contributed by atoms with Crippen LogP contribution in [0, 0.1) is 0 Å². The molecule has 2 amide bonds. The molecule has 0 spiro atoms. The molecule has 1 fully saturated rings. The Labute approximate surface area is 131 Å². The summed E-state index contributed by atoms with van der Waals surface area (Å²) < 4.78 is 5.10. The van der Waals surface area contributed by atoms with Crippen molar-refractivity contribution in [3.8, 4) is 0 Å². The van der Waals surface area contributed by atoms with Crippen LogP contribution in [0.25, 0.3) is 0 Å². The van der Waals surface area contributed by atoms with Crippen molar-refractivity contribution in [1.29, 1.82) is 0 Å². The molecule has 2 rings (SSSR count). The molecule has 1 aliphatic carbocycles. The Morgan fingerprint density at radius 2 is 1.95 bits per heavy atom. The van der Waals surface area contributed by atoms with Crippen LogP contribution < -0.4 is 10.6 Å². The molecule has 1 aromatic rings. The summed E-state index contributed by atoms with van der Waals surface area (Å²) in [6.45, 7) is 2.08. The Morgan fingerprint density at radius 1 is 1.27 bits per heavy atom. The Kier molecular flexibility index (Phi) is 5.95. The Hall–Kier alpha value is -1.88. The summed E-state index contributed by atoms with van der Waals surface area (Å²) in [4.78, 5) is 24.5. The van der Waals surface area contributed by atoms with E-state index in [1.54, 1.807) is 26.2 Å². The lowest BCUT2D eigenvalue weighted by Gasteiger charge is -2.18. The van der Waals surface area contributed by atoms with E-state index in [2.05, 4.69) is 10.6 Å². The van der Waals surface area contributed by atoms with Crippen molar-refractivity contribution in [1.82, 2.24) is 10.6 Å². The number of benzene rings is 1. The molecule has 120 valence electrons. The van der Waals surface area contributed by atoms with Gasteiger partial charge >= 0.3 is 0 Å². The van der Waals surface area contributed by atoms with Gasteiger partial charge in [0.15, 0.2) is 0 Å². The Balaban J connectivity index is 1.94. The normalized spacial score (nSPS) is 16.3. The van der Waals surface area contributed by atoms with Gasteiger partial charge in [-0.15, -0.1) is 0 Å². The van der Waals surface area contributed by atoms with Crippen LogP contribution in [0.2, 0.25) is 0 Å². The zero-order chi connectivity index (χ0) is 15.9. The summed E-state index contributed by atoms with van der Waals surface area (Å²) in [5.41, 5.74) is 1.36. The molecule has 0 bridgehead atoms. The van der Waals surface area contributed by atoms with E-state index in [-0.39, 0.29) is 17.9 Å². The average Bonchev–Trinajstić information content (AvgIpc) is 3.01. The number of nitrogens with one attached hydrogen (secondary N) is 2. The summed E-state index contributed by atoms with van der Waals surface area (Å²) in [6, 6.07) is 6.96. The van der Waals surface area contributed by atoms with Crippen molar-refractivity contribution >= 4 is 11.8 Å². The fourth-order valence-electron chi connectivity index (χ4n) is 2.76. The summed E-state index contributed by atoms with van der Waals surface area (Å²) in [7, 11) is 1.59. The highest BCUT2D eigenvalue weighted by molar-refractivity contribution is 5.98. The third-order valence-electron chi connectivity index (χ3n) is 4.00. The Morgan fingerprint density at radius 3 is 2.64 bits per heavy atom. The van der Waals surface area contributed by atoms with E-state index >= 15 is 0 Å². The molecule has 1 atom stereocenters. The van der Waals surface area contributed by atoms with Crippen LogP contribution in [0.5, 0.6) is 0 Å².